The lowest BCUT2D eigenvalue weighted by atomic mass is 9.79. The first-order chi connectivity index (χ1) is 12.1. The second-order valence-electron chi connectivity index (χ2n) is 6.26. The van der Waals surface area contributed by atoms with E-state index in [4.69, 9.17) is 19.9 Å². The topological polar surface area (TPSA) is 82.8 Å². The molecule has 0 aromatic heterocycles. The van der Waals surface area contributed by atoms with E-state index in [0.717, 1.165) is 11.1 Å². The molecule has 1 saturated heterocycles. The van der Waals surface area contributed by atoms with Crippen LogP contribution in [0, 0.1) is 5.41 Å². The Morgan fingerprint density at radius 1 is 1.35 bits per heavy atom. The van der Waals surface area contributed by atoms with Crippen LogP contribution >= 0.6 is 12.4 Å². The molecule has 1 fully saturated rings. The van der Waals surface area contributed by atoms with Crippen molar-refractivity contribution in [2.24, 2.45) is 11.1 Å². The zero-order valence-electron chi connectivity index (χ0n) is 15.5. The molecular formula is C19H29ClN2O4. The summed E-state index contributed by atoms with van der Waals surface area (Å²) in [7, 11) is 3.21. The van der Waals surface area contributed by atoms with Crippen molar-refractivity contribution in [1.82, 2.24) is 5.32 Å². The van der Waals surface area contributed by atoms with Gasteiger partial charge in [0.1, 0.15) is 0 Å². The number of rotatable bonds is 8. The van der Waals surface area contributed by atoms with Crippen molar-refractivity contribution < 1.29 is 19.0 Å². The number of hydrogen-bond donors (Lipinski definition) is 2. The SMILES string of the molecule is C=CCc1cc(CNC(=O)C2(CN)CCOCC2)cc(OC)c1OC.Cl. The smallest absolute Gasteiger partial charge is 0.227 e. The van der Waals surface area contributed by atoms with Gasteiger partial charge in [0, 0.05) is 31.9 Å². The molecule has 1 aliphatic rings. The summed E-state index contributed by atoms with van der Waals surface area (Å²) >= 11 is 0. The number of ether oxygens (including phenoxy) is 3. The fourth-order valence-corrected chi connectivity index (χ4v) is 3.17. The molecular weight excluding hydrogens is 356 g/mol. The van der Waals surface area contributed by atoms with Crippen molar-refractivity contribution in [2.45, 2.75) is 25.8 Å². The predicted octanol–water partition coefficient (Wildman–Crippen LogP) is 2.23. The number of carbonyl (C=O) groups excluding carboxylic acids is 1. The van der Waals surface area contributed by atoms with Crippen LogP contribution < -0.4 is 20.5 Å². The van der Waals surface area contributed by atoms with Crippen LogP contribution in [-0.2, 0) is 22.5 Å². The third-order valence-corrected chi connectivity index (χ3v) is 4.76. The zero-order valence-corrected chi connectivity index (χ0v) is 16.3. The van der Waals surface area contributed by atoms with Crippen LogP contribution in [0.2, 0.25) is 0 Å². The first kappa shape index (κ1) is 22.3. The number of amides is 1. The Hall–Kier alpha value is -1.76. The Morgan fingerprint density at radius 3 is 2.58 bits per heavy atom. The summed E-state index contributed by atoms with van der Waals surface area (Å²) in [5.74, 6) is 1.32. The number of nitrogens with one attached hydrogen (secondary N) is 1. The molecule has 0 bridgehead atoms. The van der Waals surface area contributed by atoms with Gasteiger partial charge in [-0.2, -0.15) is 0 Å². The van der Waals surface area contributed by atoms with Gasteiger partial charge in [0.05, 0.1) is 19.6 Å². The minimum atomic E-state index is -0.529. The monoisotopic (exact) mass is 384 g/mol. The standard InChI is InChI=1S/C19H28N2O4.ClH/c1-4-5-15-10-14(11-16(23-2)17(15)24-3)12-21-18(22)19(13-20)6-8-25-9-7-19;/h4,10-11H,1,5-9,12-13,20H2,2-3H3,(H,21,22);1H. The number of carbonyl (C=O) groups is 1. The molecule has 1 amide bonds. The van der Waals surface area contributed by atoms with Gasteiger partial charge in [0.25, 0.3) is 0 Å². The van der Waals surface area contributed by atoms with Crippen LogP contribution in [-0.4, -0.2) is 39.9 Å². The van der Waals surface area contributed by atoms with Gasteiger partial charge in [0.15, 0.2) is 11.5 Å². The fourth-order valence-electron chi connectivity index (χ4n) is 3.17. The molecule has 6 nitrogen and oxygen atoms in total. The first-order valence-corrected chi connectivity index (χ1v) is 8.51. The third kappa shape index (κ3) is 4.90. The van der Waals surface area contributed by atoms with Gasteiger partial charge in [-0.3, -0.25) is 4.79 Å². The van der Waals surface area contributed by atoms with Crippen molar-refractivity contribution in [3.63, 3.8) is 0 Å². The van der Waals surface area contributed by atoms with Crippen LogP contribution in [0.4, 0.5) is 0 Å². The lowest BCUT2D eigenvalue weighted by Crippen LogP contribution is -2.48. The molecule has 0 saturated carbocycles. The van der Waals surface area contributed by atoms with Gasteiger partial charge in [-0.1, -0.05) is 6.08 Å². The first-order valence-electron chi connectivity index (χ1n) is 8.51. The molecule has 1 aliphatic heterocycles. The van der Waals surface area contributed by atoms with E-state index in [-0.39, 0.29) is 18.3 Å². The van der Waals surface area contributed by atoms with Crippen molar-refractivity contribution in [1.29, 1.82) is 0 Å². The molecule has 0 unspecified atom stereocenters. The lowest BCUT2D eigenvalue weighted by molar-refractivity contribution is -0.136. The highest BCUT2D eigenvalue weighted by Crippen LogP contribution is 2.34. The molecule has 146 valence electrons. The molecule has 0 spiro atoms. The predicted molar refractivity (Wildman–Crippen MR) is 104 cm³/mol. The van der Waals surface area contributed by atoms with Crippen LogP contribution in [0.15, 0.2) is 24.8 Å². The molecule has 7 heteroatoms. The number of benzene rings is 1. The largest absolute Gasteiger partial charge is 0.493 e. The van der Waals surface area contributed by atoms with Gasteiger partial charge in [-0.15, -0.1) is 19.0 Å². The highest BCUT2D eigenvalue weighted by atomic mass is 35.5. The van der Waals surface area contributed by atoms with Gasteiger partial charge in [-0.05, 0) is 37.0 Å². The minimum absolute atomic E-state index is 0. The zero-order chi connectivity index (χ0) is 18.3. The second kappa shape index (κ2) is 10.4. The number of nitrogens with two attached hydrogens (primary N) is 1. The Labute approximate surface area is 161 Å². The summed E-state index contributed by atoms with van der Waals surface area (Å²) in [6.45, 7) is 5.67. The third-order valence-electron chi connectivity index (χ3n) is 4.76. The molecule has 1 aromatic rings. The highest BCUT2D eigenvalue weighted by Gasteiger charge is 2.38. The van der Waals surface area contributed by atoms with E-state index in [1.165, 1.54) is 0 Å². The maximum absolute atomic E-state index is 12.7. The van der Waals surface area contributed by atoms with Crippen LogP contribution in [0.25, 0.3) is 0 Å². The quantitative estimate of drug-likeness (QED) is 0.671. The van der Waals surface area contributed by atoms with E-state index in [0.29, 0.717) is 57.1 Å². The van der Waals surface area contributed by atoms with E-state index in [1.54, 1.807) is 14.2 Å². The number of hydrogen-bond acceptors (Lipinski definition) is 5. The molecule has 26 heavy (non-hydrogen) atoms. The van der Waals surface area contributed by atoms with E-state index in [2.05, 4.69) is 11.9 Å². The van der Waals surface area contributed by atoms with Crippen LogP contribution in [0.5, 0.6) is 11.5 Å². The minimum Gasteiger partial charge on any atom is -0.493 e. The molecule has 0 atom stereocenters. The summed E-state index contributed by atoms with van der Waals surface area (Å²) in [5.41, 5.74) is 7.28. The van der Waals surface area contributed by atoms with Gasteiger partial charge < -0.3 is 25.3 Å². The lowest BCUT2D eigenvalue weighted by Gasteiger charge is -2.34. The van der Waals surface area contributed by atoms with E-state index >= 15 is 0 Å². The molecule has 0 aliphatic carbocycles. The van der Waals surface area contributed by atoms with Gasteiger partial charge >= 0.3 is 0 Å². The van der Waals surface area contributed by atoms with Crippen molar-refractivity contribution in [3.05, 3.63) is 35.9 Å². The van der Waals surface area contributed by atoms with Crippen molar-refractivity contribution >= 4 is 18.3 Å². The van der Waals surface area contributed by atoms with Gasteiger partial charge in [0.2, 0.25) is 5.91 Å². The number of allylic oxidation sites excluding steroid dienone is 1. The van der Waals surface area contributed by atoms with Crippen LogP contribution in [0.3, 0.4) is 0 Å². The van der Waals surface area contributed by atoms with E-state index in [9.17, 15) is 4.79 Å². The summed E-state index contributed by atoms with van der Waals surface area (Å²) < 4.78 is 16.2. The molecule has 3 N–H and O–H groups in total. The Morgan fingerprint density at radius 2 is 2.04 bits per heavy atom. The van der Waals surface area contributed by atoms with E-state index in [1.807, 2.05) is 18.2 Å². The maximum atomic E-state index is 12.7. The average molecular weight is 385 g/mol. The normalized spacial score (nSPS) is 15.5. The number of methoxy groups -OCH3 is 2. The number of halogens is 1. The Balaban J connectivity index is 0.00000338. The molecule has 2 rings (SSSR count). The summed E-state index contributed by atoms with van der Waals surface area (Å²) in [6, 6.07) is 3.88. The summed E-state index contributed by atoms with van der Waals surface area (Å²) in [5, 5.41) is 3.02. The molecule has 1 heterocycles. The highest BCUT2D eigenvalue weighted by molar-refractivity contribution is 5.85. The maximum Gasteiger partial charge on any atom is 0.227 e. The van der Waals surface area contributed by atoms with Gasteiger partial charge in [-0.25, -0.2) is 0 Å². The average Bonchev–Trinajstić information content (AvgIpc) is 2.66. The molecule has 1 aromatic carbocycles. The van der Waals surface area contributed by atoms with Crippen molar-refractivity contribution in [2.75, 3.05) is 34.0 Å². The second-order valence-corrected chi connectivity index (χ2v) is 6.26. The Bertz CT molecular complexity index is 616. The Kier molecular flexibility index (Phi) is 8.92. The van der Waals surface area contributed by atoms with Crippen LogP contribution in [0.1, 0.15) is 24.0 Å². The molecule has 0 radical (unpaired) electrons. The fraction of sp³-hybridized carbons (Fsp3) is 0.526. The van der Waals surface area contributed by atoms with Crippen molar-refractivity contribution in [3.8, 4) is 11.5 Å². The van der Waals surface area contributed by atoms with E-state index < -0.39 is 5.41 Å². The summed E-state index contributed by atoms with van der Waals surface area (Å²) in [6.07, 6.45) is 3.78. The summed E-state index contributed by atoms with van der Waals surface area (Å²) in [4.78, 5) is 12.7.